The standard InChI is InChI=1S/C10H14BrNO.C2H6/c1-6(2)7-3-8(5-11)10(13)9(12)4-7;1-2/h3-4,6,13H,5,12H2,1-2H3;1-2H3. The van der Waals surface area contributed by atoms with Gasteiger partial charge >= 0.3 is 0 Å². The summed E-state index contributed by atoms with van der Waals surface area (Å²) in [6, 6.07) is 3.80. The second-order valence-corrected chi connectivity index (χ2v) is 3.97. The predicted molar refractivity (Wildman–Crippen MR) is 70.6 cm³/mol. The Hall–Kier alpha value is -0.700. The smallest absolute Gasteiger partial charge is 0.142 e. The summed E-state index contributed by atoms with van der Waals surface area (Å²) < 4.78 is 0. The number of phenols is 1. The van der Waals surface area contributed by atoms with Crippen molar-refractivity contribution in [3.8, 4) is 5.75 Å². The number of alkyl halides is 1. The van der Waals surface area contributed by atoms with E-state index in [9.17, 15) is 5.11 Å². The van der Waals surface area contributed by atoms with Gasteiger partial charge in [0, 0.05) is 10.9 Å². The zero-order valence-corrected chi connectivity index (χ0v) is 11.4. The lowest BCUT2D eigenvalue weighted by Crippen LogP contribution is -1.95. The van der Waals surface area contributed by atoms with Gasteiger partial charge in [0.1, 0.15) is 5.75 Å². The first-order chi connectivity index (χ1) is 7.06. The van der Waals surface area contributed by atoms with E-state index in [0.717, 1.165) is 11.1 Å². The molecule has 1 aromatic carbocycles. The van der Waals surface area contributed by atoms with Gasteiger partial charge in [0.05, 0.1) is 5.69 Å². The summed E-state index contributed by atoms with van der Waals surface area (Å²) in [5.41, 5.74) is 8.13. The maximum Gasteiger partial charge on any atom is 0.142 e. The fourth-order valence-electron chi connectivity index (χ4n) is 1.18. The third-order valence-corrected chi connectivity index (χ3v) is 2.66. The molecule has 0 radical (unpaired) electrons. The number of phenolic OH excluding ortho intramolecular Hbond substituents is 1. The van der Waals surface area contributed by atoms with Gasteiger partial charge in [-0.25, -0.2) is 0 Å². The highest BCUT2D eigenvalue weighted by Crippen LogP contribution is 2.31. The van der Waals surface area contributed by atoms with E-state index in [1.165, 1.54) is 0 Å². The Kier molecular flexibility index (Phi) is 6.41. The molecule has 0 aromatic heterocycles. The fourth-order valence-corrected chi connectivity index (χ4v) is 1.61. The van der Waals surface area contributed by atoms with E-state index in [4.69, 9.17) is 5.73 Å². The van der Waals surface area contributed by atoms with Gasteiger partial charge in [-0.15, -0.1) is 0 Å². The second kappa shape index (κ2) is 6.72. The van der Waals surface area contributed by atoms with Crippen molar-refractivity contribution in [3.63, 3.8) is 0 Å². The summed E-state index contributed by atoms with van der Waals surface area (Å²) >= 11 is 3.31. The van der Waals surface area contributed by atoms with E-state index in [-0.39, 0.29) is 5.75 Å². The summed E-state index contributed by atoms with van der Waals surface area (Å²) in [5.74, 6) is 0.627. The number of rotatable bonds is 2. The molecule has 86 valence electrons. The molecule has 0 fully saturated rings. The highest BCUT2D eigenvalue weighted by Gasteiger charge is 2.08. The fraction of sp³-hybridized carbons (Fsp3) is 0.500. The number of halogens is 1. The zero-order chi connectivity index (χ0) is 12.0. The Bertz CT molecular complexity index is 311. The van der Waals surface area contributed by atoms with Crippen molar-refractivity contribution in [3.05, 3.63) is 23.3 Å². The molecular formula is C12H20BrNO. The topological polar surface area (TPSA) is 46.2 Å². The molecule has 0 spiro atoms. The minimum Gasteiger partial charge on any atom is -0.505 e. The van der Waals surface area contributed by atoms with Crippen LogP contribution in [0.15, 0.2) is 12.1 Å². The minimum atomic E-state index is 0.196. The van der Waals surface area contributed by atoms with Crippen molar-refractivity contribution < 1.29 is 5.11 Å². The van der Waals surface area contributed by atoms with Crippen LogP contribution in [0.4, 0.5) is 5.69 Å². The number of hydrogen-bond donors (Lipinski definition) is 2. The molecule has 0 aliphatic heterocycles. The molecule has 0 atom stereocenters. The van der Waals surface area contributed by atoms with E-state index in [1.54, 1.807) is 0 Å². The average Bonchev–Trinajstić information content (AvgIpc) is 2.24. The van der Waals surface area contributed by atoms with Gasteiger partial charge in [-0.1, -0.05) is 49.7 Å². The Balaban J connectivity index is 0.000000921. The maximum absolute atomic E-state index is 9.55. The third kappa shape index (κ3) is 3.74. The maximum atomic E-state index is 9.55. The normalized spacial score (nSPS) is 9.73. The lowest BCUT2D eigenvalue weighted by molar-refractivity contribution is 0.473. The van der Waals surface area contributed by atoms with Crippen molar-refractivity contribution >= 4 is 21.6 Å². The van der Waals surface area contributed by atoms with Crippen LogP contribution in [-0.4, -0.2) is 5.11 Å². The Labute approximate surface area is 101 Å². The van der Waals surface area contributed by atoms with Crippen LogP contribution in [0.5, 0.6) is 5.75 Å². The molecule has 0 unspecified atom stereocenters. The molecule has 0 aliphatic carbocycles. The van der Waals surface area contributed by atoms with Crippen molar-refractivity contribution in [2.24, 2.45) is 0 Å². The van der Waals surface area contributed by atoms with Gasteiger partial charge < -0.3 is 10.8 Å². The molecule has 0 saturated heterocycles. The zero-order valence-electron chi connectivity index (χ0n) is 9.84. The Morgan fingerprint density at radius 1 is 1.33 bits per heavy atom. The molecule has 0 bridgehead atoms. The molecule has 0 saturated carbocycles. The van der Waals surface area contributed by atoms with Gasteiger partial charge in [-0.05, 0) is 17.5 Å². The molecule has 3 N–H and O–H groups in total. The predicted octanol–water partition coefficient (Wildman–Crippen LogP) is 4.02. The van der Waals surface area contributed by atoms with Crippen LogP contribution in [-0.2, 0) is 5.33 Å². The third-order valence-electron chi connectivity index (χ3n) is 2.05. The average molecular weight is 274 g/mol. The number of benzene rings is 1. The summed E-state index contributed by atoms with van der Waals surface area (Å²) in [7, 11) is 0. The number of nitrogen functional groups attached to an aromatic ring is 1. The van der Waals surface area contributed by atoms with Gasteiger partial charge in [-0.3, -0.25) is 0 Å². The quantitative estimate of drug-likeness (QED) is 0.486. The van der Waals surface area contributed by atoms with E-state index >= 15 is 0 Å². The molecule has 0 aliphatic rings. The highest BCUT2D eigenvalue weighted by molar-refractivity contribution is 9.08. The first kappa shape index (κ1) is 14.3. The molecular weight excluding hydrogens is 254 g/mol. The summed E-state index contributed by atoms with van der Waals surface area (Å²) in [6.07, 6.45) is 0. The number of anilines is 1. The Morgan fingerprint density at radius 3 is 2.27 bits per heavy atom. The second-order valence-electron chi connectivity index (χ2n) is 3.41. The van der Waals surface area contributed by atoms with Crippen LogP contribution in [0.3, 0.4) is 0 Å². The van der Waals surface area contributed by atoms with Gasteiger partial charge in [0.15, 0.2) is 0 Å². The highest BCUT2D eigenvalue weighted by atomic mass is 79.9. The number of aromatic hydroxyl groups is 1. The van der Waals surface area contributed by atoms with E-state index < -0.39 is 0 Å². The number of nitrogens with two attached hydrogens (primary N) is 1. The lowest BCUT2D eigenvalue weighted by Gasteiger charge is -2.11. The first-order valence-electron chi connectivity index (χ1n) is 5.23. The van der Waals surface area contributed by atoms with E-state index in [2.05, 4.69) is 29.8 Å². The number of hydrogen-bond acceptors (Lipinski definition) is 2. The SMILES string of the molecule is CC.CC(C)c1cc(N)c(O)c(CBr)c1. The minimum absolute atomic E-state index is 0.196. The molecule has 15 heavy (non-hydrogen) atoms. The van der Waals surface area contributed by atoms with Gasteiger partial charge in [-0.2, -0.15) is 0 Å². The molecule has 3 heteroatoms. The lowest BCUT2D eigenvalue weighted by atomic mass is 10.00. The molecule has 0 heterocycles. The van der Waals surface area contributed by atoms with Crippen molar-refractivity contribution in [1.29, 1.82) is 0 Å². The van der Waals surface area contributed by atoms with Crippen molar-refractivity contribution in [2.45, 2.75) is 38.9 Å². The molecule has 1 rings (SSSR count). The molecule has 2 nitrogen and oxygen atoms in total. The van der Waals surface area contributed by atoms with Gasteiger partial charge in [0.2, 0.25) is 0 Å². The summed E-state index contributed by atoms with van der Waals surface area (Å²) in [6.45, 7) is 8.20. The molecule has 0 amide bonds. The van der Waals surface area contributed by atoms with Crippen LogP contribution >= 0.6 is 15.9 Å². The van der Waals surface area contributed by atoms with Crippen LogP contribution in [0.25, 0.3) is 0 Å². The van der Waals surface area contributed by atoms with E-state index in [0.29, 0.717) is 16.9 Å². The first-order valence-corrected chi connectivity index (χ1v) is 6.35. The van der Waals surface area contributed by atoms with Crippen molar-refractivity contribution in [2.75, 3.05) is 5.73 Å². The molecule has 1 aromatic rings. The van der Waals surface area contributed by atoms with Crippen molar-refractivity contribution in [1.82, 2.24) is 0 Å². The van der Waals surface area contributed by atoms with Crippen LogP contribution < -0.4 is 5.73 Å². The van der Waals surface area contributed by atoms with Crippen LogP contribution in [0, 0.1) is 0 Å². The summed E-state index contributed by atoms with van der Waals surface area (Å²) in [4.78, 5) is 0. The van der Waals surface area contributed by atoms with Crippen LogP contribution in [0.2, 0.25) is 0 Å². The summed E-state index contributed by atoms with van der Waals surface area (Å²) in [5, 5.41) is 10.2. The largest absolute Gasteiger partial charge is 0.505 e. The van der Waals surface area contributed by atoms with Crippen LogP contribution in [0.1, 0.15) is 44.7 Å². The Morgan fingerprint density at radius 2 is 1.87 bits per heavy atom. The van der Waals surface area contributed by atoms with E-state index in [1.807, 2.05) is 26.0 Å². The van der Waals surface area contributed by atoms with Gasteiger partial charge in [0.25, 0.3) is 0 Å². The monoisotopic (exact) mass is 273 g/mol.